The molecular formula is C17H21N3O4S. The number of carbonyl (C=O) groups excluding carboxylic acids is 1. The topological polar surface area (TPSA) is 104 Å². The smallest absolute Gasteiger partial charge is 0.263 e. The minimum atomic E-state index is -2.15. The maximum atomic E-state index is 12.2. The van der Waals surface area contributed by atoms with E-state index in [1.165, 1.54) is 0 Å². The van der Waals surface area contributed by atoms with Crippen molar-refractivity contribution >= 4 is 21.3 Å². The van der Waals surface area contributed by atoms with Gasteiger partial charge in [0.2, 0.25) is 0 Å². The third-order valence-corrected chi connectivity index (χ3v) is 6.46. The highest BCUT2D eigenvalue weighted by Gasteiger charge is 2.41. The van der Waals surface area contributed by atoms with Gasteiger partial charge in [0.15, 0.2) is 5.76 Å². The number of aromatic nitrogens is 1. The van der Waals surface area contributed by atoms with Crippen molar-refractivity contribution in [2.45, 2.75) is 24.9 Å². The van der Waals surface area contributed by atoms with Crippen molar-refractivity contribution in [3.63, 3.8) is 0 Å². The van der Waals surface area contributed by atoms with E-state index >= 15 is 0 Å². The molecule has 3 N–H and O–H groups in total. The summed E-state index contributed by atoms with van der Waals surface area (Å²) in [6.07, 6.45) is 0.677. The second-order valence-corrected chi connectivity index (χ2v) is 9.05. The van der Waals surface area contributed by atoms with E-state index in [-0.39, 0.29) is 0 Å². The fourth-order valence-electron chi connectivity index (χ4n) is 2.93. The second-order valence-electron chi connectivity index (χ2n) is 6.30. The molecule has 1 fully saturated rings. The van der Waals surface area contributed by atoms with Crippen LogP contribution in [0.2, 0.25) is 0 Å². The van der Waals surface area contributed by atoms with Crippen molar-refractivity contribution in [3.05, 3.63) is 42.1 Å². The van der Waals surface area contributed by atoms with Crippen molar-refractivity contribution in [1.82, 2.24) is 16.0 Å². The summed E-state index contributed by atoms with van der Waals surface area (Å²) >= 11 is 0. The summed E-state index contributed by atoms with van der Waals surface area (Å²) in [6, 6.07) is 11.4. The quantitative estimate of drug-likeness (QED) is 0.419. The molecule has 2 heterocycles. The molecule has 2 aromatic rings. The van der Waals surface area contributed by atoms with Crippen molar-refractivity contribution in [1.29, 1.82) is 0 Å². The van der Waals surface area contributed by atoms with Crippen LogP contribution in [-0.2, 0) is 20.9 Å². The standard InChI is InChI=1S/C17H21N3O4S/c1-25(23)9-7-17(8-10-25,16(21)19-22)18-12-14-11-15(24-20-14)13-5-3-2-4-6-13/h2-6,11,18,22H,1,7-10,12H2,(H,19,21). The van der Waals surface area contributed by atoms with Crippen molar-refractivity contribution in [3.8, 4) is 11.3 Å². The lowest BCUT2D eigenvalue weighted by atomic mass is 9.91. The number of amides is 1. The normalized spacial score (nSPS) is 26.3. The number of hydroxylamine groups is 1. The molecule has 1 aliphatic heterocycles. The van der Waals surface area contributed by atoms with Crippen LogP contribution in [0, 0.1) is 0 Å². The van der Waals surface area contributed by atoms with Gasteiger partial charge in [0, 0.05) is 29.7 Å². The number of nitrogens with one attached hydrogen (secondary N) is 2. The van der Waals surface area contributed by atoms with Crippen molar-refractivity contribution in [2.24, 2.45) is 0 Å². The number of benzene rings is 1. The highest BCUT2D eigenvalue weighted by molar-refractivity contribution is 8.00. The van der Waals surface area contributed by atoms with E-state index in [1.807, 2.05) is 30.3 Å². The SMILES string of the molecule is C=S1(=O)CCC(NCc2cc(-c3ccccc3)on2)(C(=O)NO)CC1. The van der Waals surface area contributed by atoms with Gasteiger partial charge in [0.25, 0.3) is 5.91 Å². The average molecular weight is 363 g/mol. The van der Waals surface area contributed by atoms with Gasteiger partial charge >= 0.3 is 0 Å². The molecule has 1 saturated heterocycles. The Morgan fingerprint density at radius 1 is 1.32 bits per heavy atom. The first-order valence-corrected chi connectivity index (χ1v) is 10.0. The summed E-state index contributed by atoms with van der Waals surface area (Å²) in [5.74, 6) is 4.49. The number of hydrogen-bond acceptors (Lipinski definition) is 6. The van der Waals surface area contributed by atoms with E-state index in [9.17, 15) is 9.00 Å². The summed E-state index contributed by atoms with van der Waals surface area (Å²) in [7, 11) is -2.15. The minimum Gasteiger partial charge on any atom is -0.356 e. The van der Waals surface area contributed by atoms with Gasteiger partial charge in [-0.15, -0.1) is 0 Å². The van der Waals surface area contributed by atoms with E-state index in [0.717, 1.165) is 5.56 Å². The first-order chi connectivity index (χ1) is 11.9. The van der Waals surface area contributed by atoms with E-state index < -0.39 is 21.0 Å². The first-order valence-electron chi connectivity index (χ1n) is 7.97. The van der Waals surface area contributed by atoms with Crippen LogP contribution >= 0.6 is 0 Å². The maximum absolute atomic E-state index is 12.2. The summed E-state index contributed by atoms with van der Waals surface area (Å²) in [6.45, 7) is 0.294. The zero-order valence-corrected chi connectivity index (χ0v) is 14.6. The van der Waals surface area contributed by atoms with Crippen LogP contribution in [0.5, 0.6) is 0 Å². The van der Waals surface area contributed by atoms with Gasteiger partial charge in [-0.05, 0) is 28.2 Å². The Kier molecular flexibility index (Phi) is 4.94. The lowest BCUT2D eigenvalue weighted by Gasteiger charge is -2.36. The largest absolute Gasteiger partial charge is 0.356 e. The maximum Gasteiger partial charge on any atom is 0.263 e. The van der Waals surface area contributed by atoms with E-state index in [0.29, 0.717) is 42.3 Å². The van der Waals surface area contributed by atoms with Crippen LogP contribution in [0.1, 0.15) is 18.5 Å². The van der Waals surface area contributed by atoms with Gasteiger partial charge in [0.05, 0.1) is 5.69 Å². The summed E-state index contributed by atoms with van der Waals surface area (Å²) in [5, 5.41) is 16.2. The molecule has 0 aliphatic carbocycles. The lowest BCUT2D eigenvalue weighted by molar-refractivity contribution is -0.136. The van der Waals surface area contributed by atoms with E-state index in [2.05, 4.69) is 16.3 Å². The molecule has 3 rings (SSSR count). The van der Waals surface area contributed by atoms with Crippen LogP contribution < -0.4 is 10.8 Å². The summed E-state index contributed by atoms with van der Waals surface area (Å²) in [4.78, 5) is 12.2. The predicted molar refractivity (Wildman–Crippen MR) is 95.7 cm³/mol. The molecule has 0 bridgehead atoms. The molecule has 0 radical (unpaired) electrons. The monoisotopic (exact) mass is 363 g/mol. The molecular weight excluding hydrogens is 342 g/mol. The highest BCUT2D eigenvalue weighted by atomic mass is 32.2. The average Bonchev–Trinajstić information content (AvgIpc) is 3.10. The van der Waals surface area contributed by atoms with Gasteiger partial charge in [0.1, 0.15) is 5.54 Å². The zero-order valence-electron chi connectivity index (χ0n) is 13.7. The fraction of sp³-hybridized carbons (Fsp3) is 0.353. The molecule has 1 aromatic carbocycles. The summed E-state index contributed by atoms with van der Waals surface area (Å²) < 4.78 is 17.4. The van der Waals surface area contributed by atoms with Gasteiger partial charge in [-0.2, -0.15) is 0 Å². The van der Waals surface area contributed by atoms with E-state index in [1.54, 1.807) is 11.5 Å². The molecule has 0 saturated carbocycles. The molecule has 1 aromatic heterocycles. The lowest BCUT2D eigenvalue weighted by Crippen LogP contribution is -2.59. The van der Waals surface area contributed by atoms with Crippen LogP contribution in [0.25, 0.3) is 11.3 Å². The molecule has 1 amide bonds. The molecule has 7 nitrogen and oxygen atoms in total. The molecule has 0 spiro atoms. The third-order valence-electron chi connectivity index (χ3n) is 4.56. The Balaban J connectivity index is 1.72. The Morgan fingerprint density at radius 3 is 2.64 bits per heavy atom. The van der Waals surface area contributed by atoms with Crippen LogP contribution in [0.15, 0.2) is 40.9 Å². The van der Waals surface area contributed by atoms with Crippen LogP contribution in [0.3, 0.4) is 0 Å². The Bertz CT molecular complexity index is 832. The molecule has 8 heteroatoms. The third kappa shape index (κ3) is 3.92. The molecule has 0 atom stereocenters. The van der Waals surface area contributed by atoms with E-state index in [4.69, 9.17) is 9.73 Å². The van der Waals surface area contributed by atoms with Gasteiger partial charge in [-0.3, -0.25) is 19.5 Å². The first kappa shape index (κ1) is 17.7. The molecule has 134 valence electrons. The van der Waals surface area contributed by atoms with Gasteiger partial charge < -0.3 is 4.52 Å². The predicted octanol–water partition coefficient (Wildman–Crippen LogP) is 1.19. The Morgan fingerprint density at radius 2 is 2.00 bits per heavy atom. The van der Waals surface area contributed by atoms with Crippen molar-refractivity contribution in [2.75, 3.05) is 11.5 Å². The van der Waals surface area contributed by atoms with Gasteiger partial charge in [-0.25, -0.2) is 5.48 Å². The minimum absolute atomic E-state index is 0.294. The van der Waals surface area contributed by atoms with Crippen LogP contribution in [0.4, 0.5) is 0 Å². The number of carbonyl (C=O) groups is 1. The Hall–Kier alpha value is -2.16. The van der Waals surface area contributed by atoms with Gasteiger partial charge in [-0.1, -0.05) is 35.5 Å². The van der Waals surface area contributed by atoms with Crippen LogP contribution in [-0.4, -0.2) is 43.4 Å². The molecule has 1 aliphatic rings. The number of nitrogens with zero attached hydrogens (tertiary/aromatic N) is 1. The number of rotatable bonds is 5. The summed E-state index contributed by atoms with van der Waals surface area (Å²) in [5.41, 5.74) is 2.28. The fourth-order valence-corrected chi connectivity index (χ4v) is 4.58. The molecule has 25 heavy (non-hydrogen) atoms. The number of hydrogen-bond donors (Lipinski definition) is 3. The zero-order chi connectivity index (χ0) is 17.9. The molecule has 0 unspecified atom stereocenters. The second kappa shape index (κ2) is 6.99. The Labute approximate surface area is 146 Å². The highest BCUT2D eigenvalue weighted by Crippen LogP contribution is 2.25. The van der Waals surface area contributed by atoms with Crippen molar-refractivity contribution < 1.29 is 18.7 Å².